The number of likely N-dealkylation sites (N-methyl/N-ethyl adjacent to an activating group) is 1. The van der Waals surface area contributed by atoms with E-state index in [1.165, 1.54) is 5.70 Å². The van der Waals surface area contributed by atoms with E-state index >= 15 is 0 Å². The maximum atomic E-state index is 2.28. The van der Waals surface area contributed by atoms with E-state index in [0.29, 0.717) is 5.92 Å². The molecule has 0 aromatic carbocycles. The predicted octanol–water partition coefficient (Wildman–Crippen LogP) is 2.03. The number of hydrogen-bond acceptors (Lipinski definition) is 1. The number of allylic oxidation sites excluding steroid dienone is 3. The van der Waals surface area contributed by atoms with E-state index in [0.717, 1.165) is 6.54 Å². The van der Waals surface area contributed by atoms with Crippen LogP contribution in [-0.2, 0) is 0 Å². The SMILES string of the molecule is CC(C)C1=CC=CCN1C. The maximum Gasteiger partial charge on any atom is 0.0356 e. The van der Waals surface area contributed by atoms with Crippen molar-refractivity contribution in [2.45, 2.75) is 13.8 Å². The van der Waals surface area contributed by atoms with E-state index in [1.807, 2.05) is 0 Å². The summed E-state index contributed by atoms with van der Waals surface area (Å²) < 4.78 is 0. The van der Waals surface area contributed by atoms with Crippen LogP contribution in [0, 0.1) is 5.92 Å². The largest absolute Gasteiger partial charge is 0.374 e. The van der Waals surface area contributed by atoms with Crippen LogP contribution in [0.15, 0.2) is 23.9 Å². The highest BCUT2D eigenvalue weighted by Gasteiger charge is 2.08. The van der Waals surface area contributed by atoms with Crippen LogP contribution in [0.2, 0.25) is 0 Å². The molecular weight excluding hydrogens is 122 g/mol. The van der Waals surface area contributed by atoms with Crippen LogP contribution < -0.4 is 0 Å². The molecular formula is C9H15N. The van der Waals surface area contributed by atoms with Gasteiger partial charge in [0.05, 0.1) is 0 Å². The third kappa shape index (κ3) is 1.41. The first kappa shape index (κ1) is 7.39. The summed E-state index contributed by atoms with van der Waals surface area (Å²) in [5.74, 6) is 0.648. The summed E-state index contributed by atoms with van der Waals surface area (Å²) in [4.78, 5) is 2.28. The third-order valence-corrected chi connectivity index (χ3v) is 1.81. The van der Waals surface area contributed by atoms with Gasteiger partial charge in [-0.25, -0.2) is 0 Å². The summed E-state index contributed by atoms with van der Waals surface area (Å²) in [6.07, 6.45) is 6.50. The van der Waals surface area contributed by atoms with Gasteiger partial charge in [-0.2, -0.15) is 0 Å². The highest BCUT2D eigenvalue weighted by atomic mass is 15.1. The second kappa shape index (κ2) is 2.91. The Hall–Kier alpha value is -0.720. The van der Waals surface area contributed by atoms with Crippen LogP contribution >= 0.6 is 0 Å². The highest BCUT2D eigenvalue weighted by Crippen LogP contribution is 2.15. The van der Waals surface area contributed by atoms with Crippen molar-refractivity contribution < 1.29 is 0 Å². The highest BCUT2D eigenvalue weighted by molar-refractivity contribution is 5.18. The Bertz CT molecular complexity index is 166. The molecule has 1 aliphatic heterocycles. The number of nitrogens with zero attached hydrogens (tertiary/aromatic N) is 1. The van der Waals surface area contributed by atoms with Crippen LogP contribution in [0.4, 0.5) is 0 Å². The Labute approximate surface area is 63.0 Å². The van der Waals surface area contributed by atoms with Gasteiger partial charge < -0.3 is 4.90 Å². The zero-order valence-electron chi connectivity index (χ0n) is 6.96. The van der Waals surface area contributed by atoms with E-state index in [1.54, 1.807) is 0 Å². The standard InChI is InChI=1S/C9H15N/c1-8(2)9-6-4-5-7-10(9)3/h4-6,8H,7H2,1-3H3. The minimum absolute atomic E-state index is 0.648. The van der Waals surface area contributed by atoms with Gasteiger partial charge in [0.25, 0.3) is 0 Å². The molecule has 0 bridgehead atoms. The summed E-state index contributed by atoms with van der Waals surface area (Å²) in [6, 6.07) is 0. The van der Waals surface area contributed by atoms with Crippen LogP contribution in [0.25, 0.3) is 0 Å². The lowest BCUT2D eigenvalue weighted by atomic mass is 10.1. The molecule has 0 aromatic heterocycles. The molecule has 0 atom stereocenters. The van der Waals surface area contributed by atoms with Gasteiger partial charge in [0.15, 0.2) is 0 Å². The molecule has 56 valence electrons. The normalized spacial score (nSPS) is 18.0. The fraction of sp³-hybridized carbons (Fsp3) is 0.556. The van der Waals surface area contributed by atoms with E-state index in [-0.39, 0.29) is 0 Å². The van der Waals surface area contributed by atoms with Crippen molar-refractivity contribution in [1.82, 2.24) is 4.90 Å². The Morgan fingerprint density at radius 2 is 2.20 bits per heavy atom. The van der Waals surface area contributed by atoms with E-state index in [9.17, 15) is 0 Å². The van der Waals surface area contributed by atoms with Crippen molar-refractivity contribution in [2.24, 2.45) is 5.92 Å². The van der Waals surface area contributed by atoms with Gasteiger partial charge in [-0.05, 0) is 12.0 Å². The molecule has 0 fully saturated rings. The first-order valence-corrected chi connectivity index (χ1v) is 3.79. The lowest BCUT2D eigenvalue weighted by Crippen LogP contribution is -2.22. The van der Waals surface area contributed by atoms with Gasteiger partial charge in [-0.1, -0.05) is 26.0 Å². The fourth-order valence-corrected chi connectivity index (χ4v) is 1.25. The molecule has 10 heavy (non-hydrogen) atoms. The quantitative estimate of drug-likeness (QED) is 0.534. The summed E-state index contributed by atoms with van der Waals surface area (Å²) in [5.41, 5.74) is 1.43. The number of hydrogen-bond donors (Lipinski definition) is 0. The third-order valence-electron chi connectivity index (χ3n) is 1.81. The predicted molar refractivity (Wildman–Crippen MR) is 44.7 cm³/mol. The van der Waals surface area contributed by atoms with Gasteiger partial charge >= 0.3 is 0 Å². The molecule has 0 spiro atoms. The summed E-state index contributed by atoms with van der Waals surface area (Å²) in [5, 5.41) is 0. The van der Waals surface area contributed by atoms with Gasteiger partial charge in [0, 0.05) is 19.3 Å². The molecule has 0 aromatic rings. The lowest BCUT2D eigenvalue weighted by molar-refractivity contribution is 0.406. The number of rotatable bonds is 1. The smallest absolute Gasteiger partial charge is 0.0356 e. The first-order chi connectivity index (χ1) is 4.72. The molecule has 0 saturated heterocycles. The van der Waals surface area contributed by atoms with Crippen LogP contribution in [0.5, 0.6) is 0 Å². The zero-order valence-corrected chi connectivity index (χ0v) is 6.96. The van der Waals surface area contributed by atoms with Crippen molar-refractivity contribution >= 4 is 0 Å². The molecule has 0 amide bonds. The van der Waals surface area contributed by atoms with Crippen molar-refractivity contribution in [2.75, 3.05) is 13.6 Å². The molecule has 0 unspecified atom stereocenters. The first-order valence-electron chi connectivity index (χ1n) is 3.79. The molecule has 0 N–H and O–H groups in total. The van der Waals surface area contributed by atoms with Gasteiger partial charge in [-0.15, -0.1) is 0 Å². The van der Waals surface area contributed by atoms with Crippen molar-refractivity contribution in [3.63, 3.8) is 0 Å². The lowest BCUT2D eigenvalue weighted by Gasteiger charge is -2.26. The average molecular weight is 137 g/mol. The molecule has 1 nitrogen and oxygen atoms in total. The molecule has 1 rings (SSSR count). The van der Waals surface area contributed by atoms with Gasteiger partial charge in [-0.3, -0.25) is 0 Å². The minimum atomic E-state index is 0.648. The fourth-order valence-electron chi connectivity index (χ4n) is 1.25. The van der Waals surface area contributed by atoms with Crippen molar-refractivity contribution in [3.8, 4) is 0 Å². The van der Waals surface area contributed by atoms with Gasteiger partial charge in [0.1, 0.15) is 0 Å². The van der Waals surface area contributed by atoms with Crippen LogP contribution in [-0.4, -0.2) is 18.5 Å². The summed E-state index contributed by atoms with van der Waals surface area (Å²) in [7, 11) is 2.13. The molecule has 0 aliphatic carbocycles. The van der Waals surface area contributed by atoms with E-state index < -0.39 is 0 Å². The van der Waals surface area contributed by atoms with Crippen molar-refractivity contribution in [1.29, 1.82) is 0 Å². The molecule has 1 heterocycles. The minimum Gasteiger partial charge on any atom is -0.374 e. The topological polar surface area (TPSA) is 3.24 Å². The Morgan fingerprint density at radius 3 is 2.60 bits per heavy atom. The molecule has 0 saturated carbocycles. The summed E-state index contributed by atoms with van der Waals surface area (Å²) >= 11 is 0. The van der Waals surface area contributed by atoms with E-state index in [4.69, 9.17) is 0 Å². The van der Waals surface area contributed by atoms with Crippen LogP contribution in [0.1, 0.15) is 13.8 Å². The molecule has 0 radical (unpaired) electrons. The Morgan fingerprint density at radius 1 is 1.50 bits per heavy atom. The Kier molecular flexibility index (Phi) is 2.15. The average Bonchev–Trinajstić information content (AvgIpc) is 1.88. The Balaban J connectivity index is 2.70. The maximum absolute atomic E-state index is 2.28. The summed E-state index contributed by atoms with van der Waals surface area (Å²) in [6.45, 7) is 5.51. The van der Waals surface area contributed by atoms with E-state index in [2.05, 4.69) is 44.0 Å². The van der Waals surface area contributed by atoms with Crippen molar-refractivity contribution in [3.05, 3.63) is 23.9 Å². The van der Waals surface area contributed by atoms with Gasteiger partial charge in [0.2, 0.25) is 0 Å². The van der Waals surface area contributed by atoms with Crippen LogP contribution in [0.3, 0.4) is 0 Å². The zero-order chi connectivity index (χ0) is 7.56. The second-order valence-corrected chi connectivity index (χ2v) is 3.05. The molecule has 1 aliphatic rings. The monoisotopic (exact) mass is 137 g/mol. The second-order valence-electron chi connectivity index (χ2n) is 3.05. The molecule has 1 heteroatoms.